The zero-order chi connectivity index (χ0) is 20.2. The molecule has 1 N–H and O–H groups in total. The predicted molar refractivity (Wildman–Crippen MR) is 100 cm³/mol. The Hall–Kier alpha value is -2.51. The molecule has 2 aromatic heterocycles. The van der Waals surface area contributed by atoms with E-state index in [4.69, 9.17) is 4.98 Å². The second-order valence-corrected chi connectivity index (χ2v) is 7.96. The molecule has 0 radical (unpaired) electrons. The number of pyridine rings is 1. The molecule has 150 valence electrons. The number of aromatic nitrogens is 3. The molecular weight excluding hydrogens is 366 g/mol. The highest BCUT2D eigenvalue weighted by Crippen LogP contribution is 2.59. The number of aryl methyl sites for hydroxylation is 1. The standard InChI is InChI=1S/C20H24F2N4O2/c1-4-16-12(7-13-8-17(19(27)28)26(24-13)11(2)3)5-6-18(23-16)25-9-14-15(10-25)20(14,21)22/h5-6,8,11,14-15H,4,7,9-10H2,1-3H3,(H,27,28). The maximum absolute atomic E-state index is 13.4. The number of anilines is 1. The van der Waals surface area contributed by atoms with E-state index in [1.165, 1.54) is 4.68 Å². The molecule has 6 nitrogen and oxygen atoms in total. The van der Waals surface area contributed by atoms with Gasteiger partial charge in [-0.05, 0) is 38.0 Å². The maximum atomic E-state index is 13.4. The van der Waals surface area contributed by atoms with Crippen LogP contribution in [-0.4, -0.2) is 44.9 Å². The number of nitrogens with zero attached hydrogens (tertiary/aromatic N) is 4. The molecule has 1 saturated heterocycles. The minimum absolute atomic E-state index is 0.0503. The van der Waals surface area contributed by atoms with Gasteiger partial charge < -0.3 is 10.0 Å². The molecule has 3 heterocycles. The summed E-state index contributed by atoms with van der Waals surface area (Å²) in [6, 6.07) is 5.38. The Labute approximate surface area is 162 Å². The molecule has 1 aliphatic carbocycles. The fraction of sp³-hybridized carbons (Fsp3) is 0.550. The minimum Gasteiger partial charge on any atom is -0.477 e. The van der Waals surface area contributed by atoms with Gasteiger partial charge >= 0.3 is 5.97 Å². The first kappa shape index (κ1) is 18.8. The first-order valence-electron chi connectivity index (χ1n) is 9.65. The molecule has 1 saturated carbocycles. The lowest BCUT2D eigenvalue weighted by Crippen LogP contribution is -2.28. The van der Waals surface area contributed by atoms with Crippen LogP contribution in [0.25, 0.3) is 0 Å². The number of rotatable bonds is 6. The summed E-state index contributed by atoms with van der Waals surface area (Å²) >= 11 is 0. The second-order valence-electron chi connectivity index (χ2n) is 7.96. The predicted octanol–water partition coefficient (Wildman–Crippen LogP) is 3.41. The van der Waals surface area contributed by atoms with Crippen molar-refractivity contribution < 1.29 is 18.7 Å². The third-order valence-electron chi connectivity index (χ3n) is 5.78. The Morgan fingerprint density at radius 2 is 2.00 bits per heavy atom. The van der Waals surface area contributed by atoms with Crippen molar-refractivity contribution in [2.75, 3.05) is 18.0 Å². The lowest BCUT2D eigenvalue weighted by molar-refractivity contribution is 0.0680. The van der Waals surface area contributed by atoms with Crippen LogP contribution in [0.5, 0.6) is 0 Å². The van der Waals surface area contributed by atoms with Gasteiger partial charge in [-0.2, -0.15) is 5.10 Å². The monoisotopic (exact) mass is 390 g/mol. The first-order chi connectivity index (χ1) is 13.2. The number of alkyl halides is 2. The quantitative estimate of drug-likeness (QED) is 0.818. The molecule has 0 aromatic carbocycles. The van der Waals surface area contributed by atoms with Crippen LogP contribution in [0.1, 0.15) is 54.3 Å². The van der Waals surface area contributed by atoms with Crippen molar-refractivity contribution >= 4 is 11.8 Å². The molecule has 0 bridgehead atoms. The highest BCUT2D eigenvalue weighted by atomic mass is 19.3. The highest BCUT2D eigenvalue weighted by molar-refractivity contribution is 5.85. The van der Waals surface area contributed by atoms with E-state index in [1.54, 1.807) is 6.07 Å². The summed E-state index contributed by atoms with van der Waals surface area (Å²) in [6.07, 6.45) is 1.19. The SMILES string of the molecule is CCc1nc(N2CC3C(C2)C3(F)F)ccc1Cc1cc(C(=O)O)n(C(C)C)n1. The fourth-order valence-electron chi connectivity index (χ4n) is 4.14. The lowest BCUT2D eigenvalue weighted by atomic mass is 10.1. The topological polar surface area (TPSA) is 71.2 Å². The van der Waals surface area contributed by atoms with E-state index in [0.717, 1.165) is 17.1 Å². The van der Waals surface area contributed by atoms with Crippen molar-refractivity contribution in [2.45, 2.75) is 45.6 Å². The number of piperidine rings is 1. The Bertz CT molecular complexity index is 911. The molecule has 4 rings (SSSR count). The van der Waals surface area contributed by atoms with Crippen molar-refractivity contribution in [1.29, 1.82) is 0 Å². The van der Waals surface area contributed by atoms with E-state index in [9.17, 15) is 18.7 Å². The summed E-state index contributed by atoms with van der Waals surface area (Å²) < 4.78 is 28.4. The van der Waals surface area contributed by atoms with Crippen LogP contribution in [0.4, 0.5) is 14.6 Å². The molecule has 1 aliphatic heterocycles. The van der Waals surface area contributed by atoms with Crippen LogP contribution in [0, 0.1) is 11.8 Å². The van der Waals surface area contributed by atoms with Crippen LogP contribution < -0.4 is 4.90 Å². The molecule has 8 heteroatoms. The summed E-state index contributed by atoms with van der Waals surface area (Å²) in [5.74, 6) is -3.83. The van der Waals surface area contributed by atoms with Gasteiger partial charge in [0.15, 0.2) is 0 Å². The van der Waals surface area contributed by atoms with Crippen molar-refractivity contribution in [3.8, 4) is 0 Å². The number of aromatic carboxylic acids is 1. The highest BCUT2D eigenvalue weighted by Gasteiger charge is 2.71. The molecule has 2 fully saturated rings. The summed E-state index contributed by atoms with van der Waals surface area (Å²) in [6.45, 7) is 6.49. The number of carbonyl (C=O) groups is 1. The van der Waals surface area contributed by atoms with Gasteiger partial charge in [0, 0.05) is 31.2 Å². The average Bonchev–Trinajstić information content (AvgIpc) is 3.09. The van der Waals surface area contributed by atoms with Crippen molar-refractivity contribution in [2.24, 2.45) is 11.8 Å². The number of hydrogen-bond acceptors (Lipinski definition) is 4. The van der Waals surface area contributed by atoms with Crippen LogP contribution in [0.2, 0.25) is 0 Å². The zero-order valence-corrected chi connectivity index (χ0v) is 16.2. The molecule has 2 unspecified atom stereocenters. The number of fused-ring (bicyclic) bond motifs is 1. The van der Waals surface area contributed by atoms with E-state index in [2.05, 4.69) is 5.10 Å². The first-order valence-corrected chi connectivity index (χ1v) is 9.65. The fourth-order valence-corrected chi connectivity index (χ4v) is 4.14. The van der Waals surface area contributed by atoms with E-state index in [0.29, 0.717) is 31.6 Å². The molecule has 2 aromatic rings. The van der Waals surface area contributed by atoms with Crippen LogP contribution in [0.15, 0.2) is 18.2 Å². The molecule has 2 aliphatic rings. The summed E-state index contributed by atoms with van der Waals surface area (Å²) in [5.41, 5.74) is 2.72. The van der Waals surface area contributed by atoms with Gasteiger partial charge in [0.2, 0.25) is 0 Å². The van der Waals surface area contributed by atoms with Gasteiger partial charge in [-0.3, -0.25) is 4.68 Å². The number of halogens is 2. The van der Waals surface area contributed by atoms with E-state index in [-0.39, 0.29) is 11.7 Å². The molecule has 2 atom stereocenters. The van der Waals surface area contributed by atoms with Crippen LogP contribution in [-0.2, 0) is 12.8 Å². The smallest absolute Gasteiger partial charge is 0.354 e. The zero-order valence-electron chi connectivity index (χ0n) is 16.2. The average molecular weight is 390 g/mol. The Morgan fingerprint density at radius 1 is 1.32 bits per heavy atom. The van der Waals surface area contributed by atoms with E-state index in [1.807, 2.05) is 37.8 Å². The van der Waals surface area contributed by atoms with Crippen molar-refractivity contribution in [1.82, 2.24) is 14.8 Å². The van der Waals surface area contributed by atoms with Crippen LogP contribution in [0.3, 0.4) is 0 Å². The molecule has 0 spiro atoms. The number of carboxylic acids is 1. The Kier molecular flexibility index (Phi) is 4.39. The number of carboxylic acid groups (broad SMARTS) is 1. The summed E-state index contributed by atoms with van der Waals surface area (Å²) in [4.78, 5) is 18.1. The van der Waals surface area contributed by atoms with E-state index >= 15 is 0 Å². The second kappa shape index (κ2) is 6.53. The van der Waals surface area contributed by atoms with Crippen LogP contribution >= 0.6 is 0 Å². The molecular formula is C20H24F2N4O2. The summed E-state index contributed by atoms with van der Waals surface area (Å²) in [5, 5.41) is 13.8. The normalized spacial score (nSPS) is 22.6. The lowest BCUT2D eigenvalue weighted by Gasteiger charge is -2.22. The molecule has 0 amide bonds. The number of hydrogen-bond donors (Lipinski definition) is 1. The van der Waals surface area contributed by atoms with Gasteiger partial charge in [-0.25, -0.2) is 18.6 Å². The van der Waals surface area contributed by atoms with Gasteiger partial charge in [-0.1, -0.05) is 13.0 Å². The maximum Gasteiger partial charge on any atom is 0.354 e. The Balaban J connectivity index is 1.55. The third-order valence-corrected chi connectivity index (χ3v) is 5.78. The van der Waals surface area contributed by atoms with Crippen molar-refractivity contribution in [3.63, 3.8) is 0 Å². The largest absolute Gasteiger partial charge is 0.477 e. The molecule has 28 heavy (non-hydrogen) atoms. The van der Waals surface area contributed by atoms with Gasteiger partial charge in [0.05, 0.1) is 17.5 Å². The Morgan fingerprint density at radius 3 is 2.54 bits per heavy atom. The van der Waals surface area contributed by atoms with E-state index < -0.39 is 23.7 Å². The third kappa shape index (κ3) is 3.04. The van der Waals surface area contributed by atoms with Gasteiger partial charge in [-0.15, -0.1) is 0 Å². The van der Waals surface area contributed by atoms with Gasteiger partial charge in [0.1, 0.15) is 11.5 Å². The minimum atomic E-state index is -2.50. The van der Waals surface area contributed by atoms with Crippen molar-refractivity contribution in [3.05, 3.63) is 40.8 Å². The summed E-state index contributed by atoms with van der Waals surface area (Å²) in [7, 11) is 0. The van der Waals surface area contributed by atoms with Gasteiger partial charge in [0.25, 0.3) is 5.92 Å².